The van der Waals surface area contributed by atoms with Crippen LogP contribution in [0.2, 0.25) is 0 Å². The molecule has 1 aromatic carbocycles. The standard InChI is InChI=1S/C24H30N4O3/c1-2-11-25-23(30)20(13-17-7-4-3-5-8-17)26-24(31)27-14-18-12-19(16-27)21-9-6-10-22(29)28(21)15-18/h3-10,18-20H,2,11-16H2,1H3,(H,25,30)(H,26,31)/t18?,19?,20-/m0/s1. The molecule has 2 unspecified atom stereocenters. The highest BCUT2D eigenvalue weighted by molar-refractivity contribution is 5.87. The highest BCUT2D eigenvalue weighted by atomic mass is 16.2. The van der Waals surface area contributed by atoms with Crippen molar-refractivity contribution >= 4 is 11.9 Å². The number of urea groups is 1. The van der Waals surface area contributed by atoms with Crippen molar-refractivity contribution in [2.75, 3.05) is 19.6 Å². The van der Waals surface area contributed by atoms with Gasteiger partial charge < -0.3 is 20.1 Å². The first-order chi connectivity index (χ1) is 15.0. The number of rotatable bonds is 6. The summed E-state index contributed by atoms with van der Waals surface area (Å²) in [6.45, 7) is 4.37. The molecule has 2 aliphatic heterocycles. The molecular weight excluding hydrogens is 392 g/mol. The van der Waals surface area contributed by atoms with Crippen LogP contribution in [0.15, 0.2) is 53.3 Å². The van der Waals surface area contributed by atoms with E-state index in [1.807, 2.05) is 52.8 Å². The highest BCUT2D eigenvalue weighted by Crippen LogP contribution is 2.34. The maximum Gasteiger partial charge on any atom is 0.318 e. The molecule has 0 saturated carbocycles. The molecule has 3 atom stereocenters. The van der Waals surface area contributed by atoms with E-state index in [2.05, 4.69) is 10.6 Å². The number of hydrogen-bond acceptors (Lipinski definition) is 3. The molecule has 164 valence electrons. The summed E-state index contributed by atoms with van der Waals surface area (Å²) >= 11 is 0. The summed E-state index contributed by atoms with van der Waals surface area (Å²) in [7, 11) is 0. The monoisotopic (exact) mass is 422 g/mol. The molecule has 1 aromatic heterocycles. The Morgan fingerprint density at radius 1 is 1.06 bits per heavy atom. The van der Waals surface area contributed by atoms with Crippen molar-refractivity contribution < 1.29 is 9.59 Å². The second kappa shape index (κ2) is 9.37. The molecule has 3 heterocycles. The van der Waals surface area contributed by atoms with Crippen LogP contribution in [0.25, 0.3) is 0 Å². The van der Waals surface area contributed by atoms with Gasteiger partial charge in [0, 0.05) is 50.3 Å². The maximum atomic E-state index is 13.2. The Hall–Kier alpha value is -3.09. The van der Waals surface area contributed by atoms with Gasteiger partial charge in [0.15, 0.2) is 0 Å². The Labute approximate surface area is 182 Å². The molecule has 2 aromatic rings. The van der Waals surface area contributed by atoms with E-state index in [0.717, 1.165) is 24.1 Å². The molecule has 1 fully saturated rings. The fraction of sp³-hybridized carbons (Fsp3) is 0.458. The van der Waals surface area contributed by atoms with E-state index < -0.39 is 6.04 Å². The smallest absolute Gasteiger partial charge is 0.318 e. The number of hydrogen-bond donors (Lipinski definition) is 2. The molecule has 2 N–H and O–H groups in total. The van der Waals surface area contributed by atoms with E-state index in [4.69, 9.17) is 0 Å². The first kappa shape index (κ1) is 21.2. The van der Waals surface area contributed by atoms with Crippen LogP contribution < -0.4 is 16.2 Å². The Balaban J connectivity index is 1.47. The van der Waals surface area contributed by atoms with Gasteiger partial charge in [0.25, 0.3) is 5.56 Å². The Morgan fingerprint density at radius 2 is 1.87 bits per heavy atom. The summed E-state index contributed by atoms with van der Waals surface area (Å²) in [5.74, 6) is 0.236. The van der Waals surface area contributed by atoms with Crippen LogP contribution in [0, 0.1) is 5.92 Å². The summed E-state index contributed by atoms with van der Waals surface area (Å²) in [5.41, 5.74) is 2.03. The van der Waals surface area contributed by atoms with Crippen molar-refractivity contribution in [1.29, 1.82) is 0 Å². The van der Waals surface area contributed by atoms with Crippen molar-refractivity contribution in [3.63, 3.8) is 0 Å². The van der Waals surface area contributed by atoms with Crippen LogP contribution in [0.5, 0.6) is 0 Å². The van der Waals surface area contributed by atoms with E-state index in [9.17, 15) is 14.4 Å². The van der Waals surface area contributed by atoms with Crippen LogP contribution >= 0.6 is 0 Å². The Morgan fingerprint density at radius 3 is 2.65 bits per heavy atom. The van der Waals surface area contributed by atoms with Crippen molar-refractivity contribution in [3.8, 4) is 0 Å². The van der Waals surface area contributed by atoms with Crippen LogP contribution in [-0.4, -0.2) is 47.1 Å². The molecule has 3 amide bonds. The predicted octanol–water partition coefficient (Wildman–Crippen LogP) is 2.11. The second-order valence-electron chi connectivity index (χ2n) is 8.59. The number of aromatic nitrogens is 1. The van der Waals surface area contributed by atoms with Gasteiger partial charge in [0.1, 0.15) is 6.04 Å². The zero-order valence-corrected chi connectivity index (χ0v) is 17.9. The first-order valence-corrected chi connectivity index (χ1v) is 11.1. The van der Waals surface area contributed by atoms with Gasteiger partial charge in [-0.2, -0.15) is 0 Å². The molecule has 7 heteroatoms. The van der Waals surface area contributed by atoms with Gasteiger partial charge in [-0.25, -0.2) is 4.79 Å². The molecular formula is C24H30N4O3. The summed E-state index contributed by atoms with van der Waals surface area (Å²) in [6.07, 6.45) is 2.27. The average molecular weight is 423 g/mol. The summed E-state index contributed by atoms with van der Waals surface area (Å²) in [5, 5.41) is 5.88. The number of fused-ring (bicyclic) bond motifs is 4. The summed E-state index contributed by atoms with van der Waals surface area (Å²) < 4.78 is 1.85. The Bertz CT molecular complexity index is 988. The van der Waals surface area contributed by atoms with Gasteiger partial charge in [-0.15, -0.1) is 0 Å². The van der Waals surface area contributed by atoms with Crippen LogP contribution in [0.3, 0.4) is 0 Å². The lowest BCUT2D eigenvalue weighted by atomic mass is 9.83. The number of nitrogens with zero attached hydrogens (tertiary/aromatic N) is 2. The van der Waals surface area contributed by atoms with E-state index in [-0.39, 0.29) is 29.3 Å². The minimum absolute atomic E-state index is 0.0284. The minimum Gasteiger partial charge on any atom is -0.354 e. The molecule has 4 rings (SSSR count). The van der Waals surface area contributed by atoms with Gasteiger partial charge in [-0.1, -0.05) is 43.3 Å². The zero-order chi connectivity index (χ0) is 21.8. The number of benzene rings is 1. The first-order valence-electron chi connectivity index (χ1n) is 11.1. The third-order valence-corrected chi connectivity index (χ3v) is 6.21. The quantitative estimate of drug-likeness (QED) is 0.748. The average Bonchev–Trinajstić information content (AvgIpc) is 2.78. The number of nitrogens with one attached hydrogen (secondary N) is 2. The number of carbonyl (C=O) groups is 2. The zero-order valence-electron chi connectivity index (χ0n) is 17.9. The van der Waals surface area contributed by atoms with Crippen LogP contribution in [0.4, 0.5) is 4.79 Å². The number of piperidine rings is 1. The van der Waals surface area contributed by atoms with Crippen LogP contribution in [-0.2, 0) is 17.8 Å². The lowest BCUT2D eigenvalue weighted by molar-refractivity contribution is -0.122. The molecule has 0 spiro atoms. The van der Waals surface area contributed by atoms with E-state index >= 15 is 0 Å². The summed E-state index contributed by atoms with van der Waals surface area (Å²) in [6, 6.07) is 14.3. The Kier molecular flexibility index (Phi) is 6.39. The summed E-state index contributed by atoms with van der Waals surface area (Å²) in [4.78, 5) is 39.9. The predicted molar refractivity (Wildman–Crippen MR) is 119 cm³/mol. The van der Waals surface area contributed by atoms with Gasteiger partial charge >= 0.3 is 6.03 Å². The van der Waals surface area contributed by atoms with Gasteiger partial charge in [-0.05, 0) is 30.4 Å². The number of carbonyl (C=O) groups excluding carboxylic acids is 2. The molecule has 2 aliphatic rings. The van der Waals surface area contributed by atoms with Crippen molar-refractivity contribution in [2.24, 2.45) is 5.92 Å². The second-order valence-corrected chi connectivity index (χ2v) is 8.59. The third-order valence-electron chi connectivity index (χ3n) is 6.21. The molecule has 0 radical (unpaired) electrons. The van der Waals surface area contributed by atoms with Crippen molar-refractivity contribution in [3.05, 3.63) is 70.1 Å². The minimum atomic E-state index is -0.627. The third kappa shape index (κ3) is 4.81. The number of amides is 3. The van der Waals surface area contributed by atoms with Gasteiger partial charge in [0.2, 0.25) is 5.91 Å². The fourth-order valence-electron chi connectivity index (χ4n) is 4.73. The van der Waals surface area contributed by atoms with Gasteiger partial charge in [-0.3, -0.25) is 9.59 Å². The van der Waals surface area contributed by atoms with E-state index in [1.165, 1.54) is 0 Å². The maximum absolute atomic E-state index is 13.2. The van der Waals surface area contributed by atoms with Crippen molar-refractivity contribution in [1.82, 2.24) is 20.1 Å². The highest BCUT2D eigenvalue weighted by Gasteiger charge is 2.37. The molecule has 7 nitrogen and oxygen atoms in total. The lowest BCUT2D eigenvalue weighted by Gasteiger charge is -2.43. The molecule has 31 heavy (non-hydrogen) atoms. The fourth-order valence-corrected chi connectivity index (χ4v) is 4.73. The topological polar surface area (TPSA) is 83.4 Å². The molecule has 2 bridgehead atoms. The largest absolute Gasteiger partial charge is 0.354 e. The number of likely N-dealkylation sites (tertiary alicyclic amines) is 1. The molecule has 1 saturated heterocycles. The van der Waals surface area contributed by atoms with Crippen molar-refractivity contribution in [2.45, 2.75) is 44.7 Å². The van der Waals surface area contributed by atoms with Gasteiger partial charge in [0.05, 0.1) is 0 Å². The van der Waals surface area contributed by atoms with Crippen LogP contribution in [0.1, 0.15) is 36.9 Å². The SMILES string of the molecule is CCCNC(=O)[C@H](Cc1ccccc1)NC(=O)N1CC2CC(C1)c1cccc(=O)n1C2. The lowest BCUT2D eigenvalue weighted by Crippen LogP contribution is -2.56. The normalized spacial score (nSPS) is 20.5. The molecule has 0 aliphatic carbocycles. The van der Waals surface area contributed by atoms with E-state index in [1.54, 1.807) is 12.1 Å². The van der Waals surface area contributed by atoms with E-state index in [0.29, 0.717) is 32.6 Å². The number of pyridine rings is 1.